The third-order valence-corrected chi connectivity index (χ3v) is 3.36. The van der Waals surface area contributed by atoms with E-state index in [1.54, 1.807) is 0 Å². The first-order valence-corrected chi connectivity index (χ1v) is 5.45. The van der Waals surface area contributed by atoms with Gasteiger partial charge in [0.2, 0.25) is 0 Å². The Morgan fingerprint density at radius 2 is 1.86 bits per heavy atom. The Morgan fingerprint density at radius 1 is 1.14 bits per heavy atom. The minimum Gasteiger partial charge on any atom is -0.299 e. The molecule has 2 aliphatic rings. The third-order valence-electron chi connectivity index (χ3n) is 3.36. The largest absolute Gasteiger partial charge is 0.299 e. The van der Waals surface area contributed by atoms with Crippen LogP contribution >= 0.6 is 0 Å². The lowest BCUT2D eigenvalue weighted by Crippen LogP contribution is -2.03. The summed E-state index contributed by atoms with van der Waals surface area (Å²) in [6.07, 6.45) is 3.40. The Bertz CT molecular complexity index is 351. The molecule has 2 atom stereocenters. The van der Waals surface area contributed by atoms with Gasteiger partial charge in [-0.25, -0.2) is 0 Å². The second-order valence-electron chi connectivity index (χ2n) is 4.54. The third kappa shape index (κ3) is 1.37. The van der Waals surface area contributed by atoms with Gasteiger partial charge in [0.1, 0.15) is 5.78 Å². The van der Waals surface area contributed by atoms with E-state index in [4.69, 9.17) is 0 Å². The van der Waals surface area contributed by atoms with Crippen LogP contribution in [0.5, 0.6) is 0 Å². The van der Waals surface area contributed by atoms with Crippen molar-refractivity contribution in [1.82, 2.24) is 0 Å². The highest BCUT2D eigenvalue weighted by Gasteiger charge is 2.48. The molecule has 0 radical (unpaired) electrons. The van der Waals surface area contributed by atoms with Gasteiger partial charge in [0.15, 0.2) is 0 Å². The molecule has 0 saturated heterocycles. The second-order valence-corrected chi connectivity index (χ2v) is 4.54. The van der Waals surface area contributed by atoms with Gasteiger partial charge in [0, 0.05) is 11.8 Å². The molecule has 3 rings (SSSR count). The summed E-state index contributed by atoms with van der Waals surface area (Å²) >= 11 is 0. The zero-order valence-corrected chi connectivity index (χ0v) is 8.15. The van der Waals surface area contributed by atoms with Gasteiger partial charge < -0.3 is 0 Å². The summed E-state index contributed by atoms with van der Waals surface area (Å²) in [4.78, 5) is 11.8. The summed E-state index contributed by atoms with van der Waals surface area (Å²) in [5, 5.41) is 0. The van der Waals surface area contributed by atoms with Gasteiger partial charge in [-0.05, 0) is 30.7 Å². The molecule has 1 aromatic carbocycles. The van der Waals surface area contributed by atoms with Crippen LogP contribution in [-0.2, 0) is 4.79 Å². The lowest BCUT2D eigenvalue weighted by molar-refractivity contribution is -0.121. The van der Waals surface area contributed by atoms with E-state index in [2.05, 4.69) is 24.3 Å². The zero-order valence-electron chi connectivity index (χ0n) is 8.15. The maximum absolute atomic E-state index is 11.8. The lowest BCUT2D eigenvalue weighted by Gasteiger charge is -1.98. The van der Waals surface area contributed by atoms with Crippen LogP contribution < -0.4 is 0 Å². The van der Waals surface area contributed by atoms with E-state index in [9.17, 15) is 4.79 Å². The van der Waals surface area contributed by atoms with Crippen LogP contribution in [0.2, 0.25) is 0 Å². The second kappa shape index (κ2) is 2.94. The van der Waals surface area contributed by atoms with Crippen molar-refractivity contribution in [3.8, 4) is 0 Å². The SMILES string of the molecule is O=C(C1CC1)[C@@H]1C[C@H]1c1ccccc1. The molecule has 0 heterocycles. The molecule has 1 heteroatoms. The van der Waals surface area contributed by atoms with Crippen LogP contribution in [0.3, 0.4) is 0 Å². The number of hydrogen-bond acceptors (Lipinski definition) is 1. The molecule has 1 nitrogen and oxygen atoms in total. The molecule has 72 valence electrons. The smallest absolute Gasteiger partial charge is 0.139 e. The van der Waals surface area contributed by atoms with E-state index in [0.29, 0.717) is 23.5 Å². The van der Waals surface area contributed by atoms with Gasteiger partial charge in [0.25, 0.3) is 0 Å². The summed E-state index contributed by atoms with van der Waals surface area (Å²) in [5.74, 6) is 1.89. The molecule has 0 N–H and O–H groups in total. The van der Waals surface area contributed by atoms with Crippen molar-refractivity contribution in [2.24, 2.45) is 11.8 Å². The summed E-state index contributed by atoms with van der Waals surface area (Å²) < 4.78 is 0. The number of hydrogen-bond donors (Lipinski definition) is 0. The van der Waals surface area contributed by atoms with E-state index < -0.39 is 0 Å². The molecule has 2 aliphatic carbocycles. The van der Waals surface area contributed by atoms with E-state index in [1.807, 2.05) is 6.07 Å². The molecule has 0 aromatic heterocycles. The van der Waals surface area contributed by atoms with Crippen molar-refractivity contribution >= 4 is 5.78 Å². The first-order valence-electron chi connectivity index (χ1n) is 5.45. The summed E-state index contributed by atoms with van der Waals surface area (Å²) in [6, 6.07) is 10.4. The highest BCUT2D eigenvalue weighted by Crippen LogP contribution is 2.51. The van der Waals surface area contributed by atoms with Gasteiger partial charge >= 0.3 is 0 Å². The summed E-state index contributed by atoms with van der Waals surface area (Å²) in [7, 11) is 0. The first-order chi connectivity index (χ1) is 6.86. The highest BCUT2D eigenvalue weighted by molar-refractivity contribution is 5.88. The van der Waals surface area contributed by atoms with Crippen molar-refractivity contribution in [3.05, 3.63) is 35.9 Å². The van der Waals surface area contributed by atoms with Crippen LogP contribution in [0.1, 0.15) is 30.7 Å². The van der Waals surface area contributed by atoms with Crippen molar-refractivity contribution in [2.45, 2.75) is 25.2 Å². The normalized spacial score (nSPS) is 30.0. The molecule has 2 saturated carbocycles. The number of rotatable bonds is 3. The predicted octanol–water partition coefficient (Wildman–Crippen LogP) is 2.77. The fraction of sp³-hybridized carbons (Fsp3) is 0.462. The van der Waals surface area contributed by atoms with Gasteiger partial charge in [-0.1, -0.05) is 30.3 Å². The van der Waals surface area contributed by atoms with E-state index >= 15 is 0 Å². The minimum absolute atomic E-state index is 0.366. The molecule has 0 bridgehead atoms. The topological polar surface area (TPSA) is 17.1 Å². The summed E-state index contributed by atoms with van der Waals surface area (Å²) in [5.41, 5.74) is 1.35. The van der Waals surface area contributed by atoms with Crippen LogP contribution in [0.4, 0.5) is 0 Å². The van der Waals surface area contributed by atoms with E-state index in [1.165, 1.54) is 5.56 Å². The molecular formula is C13H14O. The molecule has 0 unspecified atom stereocenters. The predicted molar refractivity (Wildman–Crippen MR) is 55.0 cm³/mol. The van der Waals surface area contributed by atoms with Crippen LogP contribution in [0, 0.1) is 11.8 Å². The average Bonchev–Trinajstić information content (AvgIpc) is 3.11. The van der Waals surface area contributed by atoms with Gasteiger partial charge in [-0.2, -0.15) is 0 Å². The van der Waals surface area contributed by atoms with Crippen LogP contribution in [0.25, 0.3) is 0 Å². The first kappa shape index (κ1) is 8.22. The Balaban J connectivity index is 1.70. The van der Waals surface area contributed by atoms with E-state index in [0.717, 1.165) is 19.3 Å². The van der Waals surface area contributed by atoms with Crippen LogP contribution in [0.15, 0.2) is 30.3 Å². The van der Waals surface area contributed by atoms with Crippen molar-refractivity contribution in [3.63, 3.8) is 0 Å². The molecule has 1 aromatic rings. The van der Waals surface area contributed by atoms with Gasteiger partial charge in [0.05, 0.1) is 0 Å². The number of carbonyl (C=O) groups is 1. The average molecular weight is 186 g/mol. The quantitative estimate of drug-likeness (QED) is 0.709. The molecule has 14 heavy (non-hydrogen) atoms. The Kier molecular flexibility index (Phi) is 1.73. The molecule has 2 fully saturated rings. The number of carbonyl (C=O) groups excluding carboxylic acids is 1. The number of benzene rings is 1. The maximum atomic E-state index is 11.8. The molecule has 0 spiro atoms. The fourth-order valence-electron chi connectivity index (χ4n) is 2.25. The van der Waals surface area contributed by atoms with Crippen LogP contribution in [-0.4, -0.2) is 5.78 Å². The van der Waals surface area contributed by atoms with Gasteiger partial charge in [-0.15, -0.1) is 0 Å². The monoisotopic (exact) mass is 186 g/mol. The molecule has 0 amide bonds. The van der Waals surface area contributed by atoms with Crippen molar-refractivity contribution in [2.75, 3.05) is 0 Å². The number of Topliss-reactive ketones (excluding diaryl/α,β-unsaturated/α-hetero) is 1. The minimum atomic E-state index is 0.366. The Hall–Kier alpha value is -1.11. The van der Waals surface area contributed by atoms with E-state index in [-0.39, 0.29) is 0 Å². The Morgan fingerprint density at radius 3 is 2.50 bits per heavy atom. The molecule has 0 aliphatic heterocycles. The zero-order chi connectivity index (χ0) is 9.54. The van der Waals surface area contributed by atoms with Gasteiger partial charge in [-0.3, -0.25) is 4.79 Å². The highest BCUT2D eigenvalue weighted by atomic mass is 16.1. The summed E-state index contributed by atoms with van der Waals surface area (Å²) in [6.45, 7) is 0. The molecular weight excluding hydrogens is 172 g/mol. The van der Waals surface area contributed by atoms with Crippen molar-refractivity contribution in [1.29, 1.82) is 0 Å². The maximum Gasteiger partial charge on any atom is 0.139 e. The fourth-order valence-corrected chi connectivity index (χ4v) is 2.25. The number of ketones is 1. The lowest BCUT2D eigenvalue weighted by atomic mass is 10.1. The standard InChI is InChI=1S/C13H14O/c14-13(10-6-7-10)12-8-11(12)9-4-2-1-3-5-9/h1-5,10-12H,6-8H2/t11-,12+/m0/s1. The Labute approximate surface area is 84.1 Å². The van der Waals surface area contributed by atoms with Crippen molar-refractivity contribution < 1.29 is 4.79 Å².